The summed E-state index contributed by atoms with van der Waals surface area (Å²) in [5.74, 6) is -1.76. The van der Waals surface area contributed by atoms with Gasteiger partial charge in [0.25, 0.3) is 0 Å². The van der Waals surface area contributed by atoms with Crippen LogP contribution in [-0.2, 0) is 0 Å². The number of hydrogen-bond donors (Lipinski definition) is 2. The minimum Gasteiger partial charge on any atom is -0.432 e. The molecule has 0 bridgehead atoms. The highest BCUT2D eigenvalue weighted by Gasteiger charge is 2.18. The lowest BCUT2D eigenvalue weighted by Gasteiger charge is -2.07. The molecule has 26 heavy (non-hydrogen) atoms. The van der Waals surface area contributed by atoms with Crippen LogP contribution in [0.15, 0.2) is 48.5 Å². The number of nitrogens with two attached hydrogens (primary N) is 1. The minimum atomic E-state index is -3.12. The van der Waals surface area contributed by atoms with Crippen LogP contribution in [0.1, 0.15) is 15.2 Å². The number of nitrogen functional groups attached to an aromatic ring is 1. The van der Waals surface area contributed by atoms with E-state index >= 15 is 0 Å². The van der Waals surface area contributed by atoms with Crippen molar-refractivity contribution in [2.24, 2.45) is 0 Å². The summed E-state index contributed by atoms with van der Waals surface area (Å²) in [6.07, 6.45) is 0. The fraction of sp³-hybridized carbons (Fsp3) is 0.0588. The van der Waals surface area contributed by atoms with Crippen molar-refractivity contribution < 1.29 is 22.7 Å². The smallest absolute Gasteiger partial charge is 0.387 e. The molecule has 0 atom stereocenters. The van der Waals surface area contributed by atoms with Gasteiger partial charge in [0, 0.05) is 17.3 Å². The van der Waals surface area contributed by atoms with E-state index in [-0.39, 0.29) is 27.3 Å². The maximum absolute atomic E-state index is 13.8. The van der Waals surface area contributed by atoms with E-state index < -0.39 is 18.2 Å². The predicted octanol–water partition coefficient (Wildman–Crippen LogP) is 4.44. The maximum Gasteiger partial charge on any atom is 0.387 e. The third kappa shape index (κ3) is 3.94. The first kappa shape index (κ1) is 17.7. The Balaban J connectivity index is 1.79. The molecule has 0 fully saturated rings. The van der Waals surface area contributed by atoms with Crippen LogP contribution in [0.5, 0.6) is 5.75 Å². The lowest BCUT2D eigenvalue weighted by molar-refractivity contribution is -0.0521. The molecule has 5 nitrogen and oxygen atoms in total. The van der Waals surface area contributed by atoms with Crippen LogP contribution in [0.3, 0.4) is 0 Å². The third-order valence-electron chi connectivity index (χ3n) is 3.29. The average molecular weight is 379 g/mol. The highest BCUT2D eigenvalue weighted by Crippen LogP contribution is 2.31. The van der Waals surface area contributed by atoms with Gasteiger partial charge in [0.05, 0.1) is 0 Å². The summed E-state index contributed by atoms with van der Waals surface area (Å²) in [7, 11) is 0. The number of anilines is 3. The molecule has 0 aliphatic heterocycles. The number of aromatic nitrogens is 1. The second-order valence-corrected chi connectivity index (χ2v) is 6.08. The first-order valence-corrected chi connectivity index (χ1v) is 8.13. The molecule has 0 spiro atoms. The molecular formula is C17H12F3N3O2S. The molecule has 9 heteroatoms. The number of ether oxygens (including phenoxy) is 1. The van der Waals surface area contributed by atoms with Gasteiger partial charge in [-0.2, -0.15) is 8.78 Å². The largest absolute Gasteiger partial charge is 0.432 e. The van der Waals surface area contributed by atoms with Gasteiger partial charge in [0.15, 0.2) is 16.7 Å². The molecular weight excluding hydrogens is 367 g/mol. The summed E-state index contributed by atoms with van der Waals surface area (Å²) in [4.78, 5) is 16.7. The van der Waals surface area contributed by atoms with Gasteiger partial charge in [-0.3, -0.25) is 4.79 Å². The van der Waals surface area contributed by atoms with E-state index in [1.54, 1.807) is 30.3 Å². The van der Waals surface area contributed by atoms with Gasteiger partial charge < -0.3 is 15.8 Å². The molecule has 3 rings (SSSR count). The third-order valence-corrected chi connectivity index (χ3v) is 4.28. The minimum absolute atomic E-state index is 0.0458. The summed E-state index contributed by atoms with van der Waals surface area (Å²) in [6.45, 7) is -3.12. The molecule has 1 aromatic heterocycles. The topological polar surface area (TPSA) is 77.2 Å². The second kappa shape index (κ2) is 7.44. The van der Waals surface area contributed by atoms with Gasteiger partial charge in [-0.15, -0.1) is 0 Å². The van der Waals surface area contributed by atoms with Crippen molar-refractivity contribution in [3.05, 3.63) is 64.8 Å². The van der Waals surface area contributed by atoms with Crippen molar-refractivity contribution in [1.82, 2.24) is 4.98 Å². The Hall–Kier alpha value is -3.07. The molecule has 0 saturated carbocycles. The lowest BCUT2D eigenvalue weighted by Crippen LogP contribution is -2.04. The van der Waals surface area contributed by atoms with Crippen molar-refractivity contribution in [1.29, 1.82) is 0 Å². The standard InChI is InChI=1S/C17H12F3N3O2S/c18-11-8-10(6-7-12(11)25-16(19)20)22-17-23-15(21)14(26-17)13(24)9-4-2-1-3-5-9/h1-8,16H,21H2,(H,22,23). The Morgan fingerprint density at radius 2 is 1.92 bits per heavy atom. The zero-order valence-electron chi connectivity index (χ0n) is 13.1. The predicted molar refractivity (Wildman–Crippen MR) is 92.7 cm³/mol. The molecule has 0 aliphatic carbocycles. The monoisotopic (exact) mass is 379 g/mol. The molecule has 0 aliphatic rings. The fourth-order valence-electron chi connectivity index (χ4n) is 2.16. The van der Waals surface area contributed by atoms with Crippen LogP contribution in [0, 0.1) is 5.82 Å². The first-order chi connectivity index (χ1) is 12.4. The van der Waals surface area contributed by atoms with Crippen LogP contribution >= 0.6 is 11.3 Å². The lowest BCUT2D eigenvalue weighted by atomic mass is 10.1. The van der Waals surface area contributed by atoms with Crippen LogP contribution in [0.4, 0.5) is 29.8 Å². The fourth-order valence-corrected chi connectivity index (χ4v) is 3.03. The highest BCUT2D eigenvalue weighted by molar-refractivity contribution is 7.18. The summed E-state index contributed by atoms with van der Waals surface area (Å²) in [6, 6.07) is 12.0. The number of alkyl halides is 2. The Morgan fingerprint density at radius 1 is 1.19 bits per heavy atom. The van der Waals surface area contributed by atoms with Gasteiger partial charge in [-0.25, -0.2) is 9.37 Å². The number of nitrogens with zero attached hydrogens (tertiary/aromatic N) is 1. The quantitative estimate of drug-likeness (QED) is 0.619. The van der Waals surface area contributed by atoms with Crippen molar-refractivity contribution in [3.63, 3.8) is 0 Å². The van der Waals surface area contributed by atoms with Gasteiger partial charge in [0.2, 0.25) is 5.78 Å². The number of ketones is 1. The van der Waals surface area contributed by atoms with E-state index in [4.69, 9.17) is 5.73 Å². The van der Waals surface area contributed by atoms with Crippen LogP contribution in [0.2, 0.25) is 0 Å². The molecule has 0 saturated heterocycles. The van der Waals surface area contributed by atoms with E-state index in [2.05, 4.69) is 15.0 Å². The molecule has 3 N–H and O–H groups in total. The number of rotatable bonds is 6. The van der Waals surface area contributed by atoms with E-state index in [1.165, 1.54) is 6.07 Å². The molecule has 1 heterocycles. The number of carbonyl (C=O) groups is 1. The van der Waals surface area contributed by atoms with Gasteiger partial charge >= 0.3 is 6.61 Å². The maximum atomic E-state index is 13.8. The van der Waals surface area contributed by atoms with Gasteiger partial charge in [0.1, 0.15) is 10.7 Å². The molecule has 0 radical (unpaired) electrons. The summed E-state index contributed by atoms with van der Waals surface area (Å²) in [5, 5.41) is 3.05. The number of carbonyl (C=O) groups excluding carboxylic acids is 1. The Kier molecular flexibility index (Phi) is 5.08. The zero-order valence-corrected chi connectivity index (χ0v) is 13.9. The van der Waals surface area contributed by atoms with Crippen LogP contribution in [-0.4, -0.2) is 17.4 Å². The molecule has 0 unspecified atom stereocenters. The Bertz CT molecular complexity index is 932. The molecule has 134 valence electrons. The Labute approximate surface area is 150 Å². The van der Waals surface area contributed by atoms with Crippen molar-refractivity contribution in [2.75, 3.05) is 11.1 Å². The van der Waals surface area contributed by atoms with E-state index in [9.17, 15) is 18.0 Å². The zero-order chi connectivity index (χ0) is 18.7. The average Bonchev–Trinajstić information content (AvgIpc) is 2.97. The molecule has 0 amide bonds. The van der Waals surface area contributed by atoms with E-state index in [0.717, 1.165) is 23.5 Å². The van der Waals surface area contributed by atoms with Crippen LogP contribution in [0.25, 0.3) is 0 Å². The normalized spacial score (nSPS) is 10.8. The highest BCUT2D eigenvalue weighted by atomic mass is 32.1. The molecule has 2 aromatic carbocycles. The molecule has 3 aromatic rings. The van der Waals surface area contributed by atoms with Crippen molar-refractivity contribution >= 4 is 33.8 Å². The van der Waals surface area contributed by atoms with Crippen molar-refractivity contribution in [3.8, 4) is 5.75 Å². The summed E-state index contributed by atoms with van der Waals surface area (Å²) in [5.41, 5.74) is 6.52. The van der Waals surface area contributed by atoms with Crippen molar-refractivity contribution in [2.45, 2.75) is 6.61 Å². The Morgan fingerprint density at radius 3 is 2.58 bits per heavy atom. The summed E-state index contributed by atoms with van der Waals surface area (Å²) < 4.78 is 42.1. The van der Waals surface area contributed by atoms with Gasteiger partial charge in [-0.1, -0.05) is 41.7 Å². The van der Waals surface area contributed by atoms with E-state index in [0.29, 0.717) is 5.56 Å². The number of benzene rings is 2. The summed E-state index contributed by atoms with van der Waals surface area (Å²) >= 11 is 1.01. The first-order valence-electron chi connectivity index (χ1n) is 7.31. The number of halogens is 3. The van der Waals surface area contributed by atoms with E-state index in [1.807, 2.05) is 0 Å². The number of nitrogens with one attached hydrogen (secondary N) is 1. The SMILES string of the molecule is Nc1nc(Nc2ccc(OC(F)F)c(F)c2)sc1C(=O)c1ccccc1. The van der Waals surface area contributed by atoms with Crippen LogP contribution < -0.4 is 15.8 Å². The van der Waals surface area contributed by atoms with Gasteiger partial charge in [-0.05, 0) is 12.1 Å². The number of hydrogen-bond acceptors (Lipinski definition) is 6. The number of thiazole rings is 1. The second-order valence-electron chi connectivity index (χ2n) is 5.08.